The number of fused-ring (bicyclic) bond motifs is 1. The molecule has 2 aromatic heterocycles. The van der Waals surface area contributed by atoms with Gasteiger partial charge in [0.2, 0.25) is 0 Å². The molecule has 1 amide bonds. The number of nitrogens with one attached hydrogen (secondary N) is 1. The lowest BCUT2D eigenvalue weighted by atomic mass is 10.2. The molecule has 3 aromatic rings. The van der Waals surface area contributed by atoms with Gasteiger partial charge in [-0.2, -0.15) is 5.10 Å². The Kier molecular flexibility index (Phi) is 4.61. The summed E-state index contributed by atoms with van der Waals surface area (Å²) in [6.45, 7) is 10.6. The minimum Gasteiger partial charge on any atom is -0.345 e. The second kappa shape index (κ2) is 6.70. The Morgan fingerprint density at radius 3 is 2.52 bits per heavy atom. The van der Waals surface area contributed by atoms with Crippen molar-refractivity contribution < 1.29 is 4.79 Å². The average Bonchev–Trinajstić information content (AvgIpc) is 3.13. The number of amides is 1. The topological polar surface area (TPSA) is 64.7 Å². The molecule has 0 saturated carbocycles. The van der Waals surface area contributed by atoms with Gasteiger partial charge in [0, 0.05) is 18.3 Å². The van der Waals surface area contributed by atoms with Crippen LogP contribution in [0.15, 0.2) is 30.5 Å². The summed E-state index contributed by atoms with van der Waals surface area (Å²) < 4.78 is 3.98. The van der Waals surface area contributed by atoms with Gasteiger partial charge in [-0.1, -0.05) is 12.1 Å². The molecule has 0 spiro atoms. The molecule has 132 valence electrons. The number of hydrogen-bond donors (Lipinski definition) is 1. The summed E-state index contributed by atoms with van der Waals surface area (Å²) in [4.78, 5) is 17.3. The van der Waals surface area contributed by atoms with Crippen LogP contribution >= 0.6 is 0 Å². The van der Waals surface area contributed by atoms with Crippen molar-refractivity contribution in [3.8, 4) is 0 Å². The highest BCUT2D eigenvalue weighted by atomic mass is 16.1. The number of hydrogen-bond acceptors (Lipinski definition) is 3. The maximum atomic E-state index is 12.6. The monoisotopic (exact) mass is 339 g/mol. The van der Waals surface area contributed by atoms with E-state index in [1.165, 1.54) is 0 Å². The van der Waals surface area contributed by atoms with Crippen molar-refractivity contribution in [1.29, 1.82) is 0 Å². The SMILES string of the molecule is Cc1nn(C(C)C)cc1C(=O)NCc1nc2ccccc2n1C(C)C. The lowest BCUT2D eigenvalue weighted by Crippen LogP contribution is -2.25. The molecule has 0 bridgehead atoms. The van der Waals surface area contributed by atoms with Gasteiger partial charge in [-0.3, -0.25) is 9.48 Å². The van der Waals surface area contributed by atoms with Gasteiger partial charge >= 0.3 is 0 Å². The first-order valence-electron chi connectivity index (χ1n) is 8.68. The number of para-hydroxylation sites is 2. The maximum Gasteiger partial charge on any atom is 0.255 e. The van der Waals surface area contributed by atoms with Crippen LogP contribution in [0.2, 0.25) is 0 Å². The van der Waals surface area contributed by atoms with Gasteiger partial charge < -0.3 is 9.88 Å². The first-order chi connectivity index (χ1) is 11.9. The predicted molar refractivity (Wildman–Crippen MR) is 98.6 cm³/mol. The van der Waals surface area contributed by atoms with Crippen LogP contribution in [0.4, 0.5) is 0 Å². The zero-order valence-corrected chi connectivity index (χ0v) is 15.4. The van der Waals surface area contributed by atoms with Crippen LogP contribution in [-0.2, 0) is 6.54 Å². The summed E-state index contributed by atoms with van der Waals surface area (Å²) in [5, 5.41) is 7.39. The van der Waals surface area contributed by atoms with Gasteiger partial charge in [0.05, 0.1) is 28.8 Å². The predicted octanol–water partition coefficient (Wildman–Crippen LogP) is 3.63. The maximum absolute atomic E-state index is 12.6. The van der Waals surface area contributed by atoms with E-state index in [0.29, 0.717) is 12.1 Å². The molecule has 3 rings (SSSR count). The second-order valence-electron chi connectivity index (χ2n) is 6.87. The van der Waals surface area contributed by atoms with E-state index in [1.54, 1.807) is 6.20 Å². The number of carbonyl (C=O) groups excluding carboxylic acids is 1. The minimum atomic E-state index is -0.119. The second-order valence-corrected chi connectivity index (χ2v) is 6.87. The number of carbonyl (C=O) groups is 1. The lowest BCUT2D eigenvalue weighted by Gasteiger charge is -2.13. The van der Waals surface area contributed by atoms with Crippen molar-refractivity contribution in [2.24, 2.45) is 0 Å². The van der Waals surface area contributed by atoms with Crippen LogP contribution in [-0.4, -0.2) is 25.2 Å². The van der Waals surface area contributed by atoms with Crippen molar-refractivity contribution >= 4 is 16.9 Å². The molecule has 0 saturated heterocycles. The number of aryl methyl sites for hydroxylation is 1. The average molecular weight is 339 g/mol. The van der Waals surface area contributed by atoms with E-state index in [-0.39, 0.29) is 18.0 Å². The molecule has 1 aromatic carbocycles. The Bertz CT molecular complexity index is 904. The van der Waals surface area contributed by atoms with Crippen LogP contribution < -0.4 is 5.32 Å². The molecular formula is C19H25N5O. The number of nitrogens with zero attached hydrogens (tertiary/aromatic N) is 4. The van der Waals surface area contributed by atoms with Crippen molar-refractivity contribution in [2.45, 2.75) is 53.2 Å². The fourth-order valence-electron chi connectivity index (χ4n) is 3.02. The fraction of sp³-hybridized carbons (Fsp3) is 0.421. The van der Waals surface area contributed by atoms with Gasteiger partial charge in [-0.25, -0.2) is 4.98 Å². The molecule has 0 atom stereocenters. The molecule has 0 aliphatic heterocycles. The number of aromatic nitrogens is 4. The molecular weight excluding hydrogens is 314 g/mol. The van der Waals surface area contributed by atoms with Gasteiger partial charge in [-0.05, 0) is 46.8 Å². The molecule has 0 unspecified atom stereocenters. The smallest absolute Gasteiger partial charge is 0.255 e. The van der Waals surface area contributed by atoms with Crippen LogP contribution in [0.5, 0.6) is 0 Å². The standard InChI is InChI=1S/C19H25N5O/c1-12(2)23-11-15(14(5)22-23)19(25)20-10-18-21-16-8-6-7-9-17(16)24(18)13(3)4/h6-9,11-13H,10H2,1-5H3,(H,20,25). The van der Waals surface area contributed by atoms with E-state index in [9.17, 15) is 4.79 Å². The van der Waals surface area contributed by atoms with Crippen molar-refractivity contribution in [3.05, 3.63) is 47.5 Å². The first-order valence-corrected chi connectivity index (χ1v) is 8.68. The van der Waals surface area contributed by atoms with E-state index in [1.807, 2.05) is 43.7 Å². The fourth-order valence-corrected chi connectivity index (χ4v) is 3.02. The largest absolute Gasteiger partial charge is 0.345 e. The van der Waals surface area contributed by atoms with E-state index in [0.717, 1.165) is 22.6 Å². The third-order valence-corrected chi connectivity index (χ3v) is 4.28. The van der Waals surface area contributed by atoms with Crippen molar-refractivity contribution in [1.82, 2.24) is 24.6 Å². The Labute approximate surface area is 147 Å². The first kappa shape index (κ1) is 17.2. The van der Waals surface area contributed by atoms with E-state index >= 15 is 0 Å². The van der Waals surface area contributed by atoms with Gasteiger partial charge in [0.25, 0.3) is 5.91 Å². The molecule has 2 heterocycles. The van der Waals surface area contributed by atoms with Gasteiger partial charge in [0.15, 0.2) is 0 Å². The quantitative estimate of drug-likeness (QED) is 0.772. The number of rotatable bonds is 5. The van der Waals surface area contributed by atoms with Crippen LogP contribution in [0.3, 0.4) is 0 Å². The third kappa shape index (κ3) is 3.29. The summed E-state index contributed by atoms with van der Waals surface area (Å²) in [6, 6.07) is 8.54. The molecule has 0 radical (unpaired) electrons. The summed E-state index contributed by atoms with van der Waals surface area (Å²) >= 11 is 0. The molecule has 0 aliphatic carbocycles. The van der Waals surface area contributed by atoms with Gasteiger partial charge in [0.1, 0.15) is 5.82 Å². The van der Waals surface area contributed by atoms with Gasteiger partial charge in [-0.15, -0.1) is 0 Å². The summed E-state index contributed by atoms with van der Waals surface area (Å²) in [7, 11) is 0. The lowest BCUT2D eigenvalue weighted by molar-refractivity contribution is 0.0948. The normalized spacial score (nSPS) is 11.6. The molecule has 6 nitrogen and oxygen atoms in total. The zero-order chi connectivity index (χ0) is 18.1. The highest BCUT2D eigenvalue weighted by Crippen LogP contribution is 2.21. The summed E-state index contributed by atoms with van der Waals surface area (Å²) in [6.07, 6.45) is 1.81. The highest BCUT2D eigenvalue weighted by molar-refractivity contribution is 5.95. The summed E-state index contributed by atoms with van der Waals surface area (Å²) in [5.74, 6) is 0.741. The van der Waals surface area contributed by atoms with E-state index in [2.05, 4.69) is 39.9 Å². The van der Waals surface area contributed by atoms with Crippen LogP contribution in [0.1, 0.15) is 61.7 Å². The summed E-state index contributed by atoms with van der Waals surface area (Å²) in [5.41, 5.74) is 3.39. The van der Waals surface area contributed by atoms with E-state index in [4.69, 9.17) is 0 Å². The Morgan fingerprint density at radius 2 is 1.88 bits per heavy atom. The molecule has 25 heavy (non-hydrogen) atoms. The van der Waals surface area contributed by atoms with Crippen LogP contribution in [0.25, 0.3) is 11.0 Å². The Hall–Kier alpha value is -2.63. The van der Waals surface area contributed by atoms with E-state index < -0.39 is 0 Å². The minimum absolute atomic E-state index is 0.119. The van der Waals surface area contributed by atoms with Crippen molar-refractivity contribution in [2.75, 3.05) is 0 Å². The third-order valence-electron chi connectivity index (χ3n) is 4.28. The molecule has 0 fully saturated rings. The number of benzene rings is 1. The molecule has 0 aliphatic rings. The number of imidazole rings is 1. The molecule has 1 N–H and O–H groups in total. The Balaban J connectivity index is 1.83. The van der Waals surface area contributed by atoms with Crippen LogP contribution in [0, 0.1) is 6.92 Å². The highest BCUT2D eigenvalue weighted by Gasteiger charge is 2.17. The zero-order valence-electron chi connectivity index (χ0n) is 15.4. The van der Waals surface area contributed by atoms with Crippen molar-refractivity contribution in [3.63, 3.8) is 0 Å². The molecule has 6 heteroatoms. The Morgan fingerprint density at radius 1 is 1.16 bits per heavy atom.